The van der Waals surface area contributed by atoms with Crippen LogP contribution in [0.3, 0.4) is 0 Å². The smallest absolute Gasteiger partial charge is 0.430 e. The highest BCUT2D eigenvalue weighted by Gasteiger charge is 2.35. The Morgan fingerprint density at radius 2 is 2.20 bits per heavy atom. The highest BCUT2D eigenvalue weighted by molar-refractivity contribution is 5.60. The van der Waals surface area contributed by atoms with E-state index in [1.165, 1.54) is 18.9 Å². The Kier molecular flexibility index (Phi) is 3.26. The molecule has 4 nitrogen and oxygen atoms in total. The van der Waals surface area contributed by atoms with Crippen molar-refractivity contribution in [2.24, 2.45) is 5.92 Å². The van der Waals surface area contributed by atoms with Gasteiger partial charge in [-0.2, -0.15) is 0 Å². The van der Waals surface area contributed by atoms with Gasteiger partial charge in [0.25, 0.3) is 0 Å². The van der Waals surface area contributed by atoms with Gasteiger partial charge in [0.15, 0.2) is 6.23 Å². The number of rotatable bonds is 3. The van der Waals surface area contributed by atoms with E-state index in [-0.39, 0.29) is 12.8 Å². The Morgan fingerprint density at radius 1 is 1.47 bits per heavy atom. The van der Waals surface area contributed by atoms with Crippen molar-refractivity contribution in [3.8, 4) is 0 Å². The monoisotopic (exact) mass is 211 g/mol. The molecule has 84 valence electrons. The lowest BCUT2D eigenvalue weighted by molar-refractivity contribution is -0.101. The second kappa shape index (κ2) is 4.66. The van der Waals surface area contributed by atoms with Crippen LogP contribution in [0.5, 0.6) is 0 Å². The van der Waals surface area contributed by atoms with Gasteiger partial charge in [-0.15, -0.1) is 0 Å². The van der Waals surface area contributed by atoms with Crippen LogP contribution in [0, 0.1) is 5.92 Å². The number of hydrogen-bond acceptors (Lipinski definition) is 4. The highest BCUT2D eigenvalue weighted by atomic mass is 16.7. The summed E-state index contributed by atoms with van der Waals surface area (Å²) in [5, 5.41) is 0. The van der Waals surface area contributed by atoms with E-state index in [4.69, 9.17) is 9.47 Å². The largest absolute Gasteiger partial charge is 0.510 e. The van der Waals surface area contributed by atoms with Gasteiger partial charge in [0.1, 0.15) is 6.61 Å². The van der Waals surface area contributed by atoms with E-state index >= 15 is 0 Å². The zero-order valence-corrected chi connectivity index (χ0v) is 8.85. The molecule has 4 heteroatoms. The molecular formula is C11H17NO3. The number of carbonyl (C=O) groups excluding carboxylic acids is 1. The van der Waals surface area contributed by atoms with E-state index in [0.717, 1.165) is 25.4 Å². The van der Waals surface area contributed by atoms with Crippen LogP contribution in [-0.2, 0) is 9.47 Å². The molecule has 0 spiro atoms. The van der Waals surface area contributed by atoms with Gasteiger partial charge in [-0.1, -0.05) is 12.7 Å². The zero-order valence-electron chi connectivity index (χ0n) is 8.85. The summed E-state index contributed by atoms with van der Waals surface area (Å²) in [7, 11) is 0. The van der Waals surface area contributed by atoms with E-state index in [1.54, 1.807) is 0 Å². The van der Waals surface area contributed by atoms with Gasteiger partial charge in [-0.3, -0.25) is 4.90 Å². The minimum atomic E-state index is -0.576. The molecule has 0 saturated carbocycles. The Hall–Kier alpha value is -1.03. The predicted molar refractivity (Wildman–Crippen MR) is 55.3 cm³/mol. The van der Waals surface area contributed by atoms with Gasteiger partial charge < -0.3 is 9.47 Å². The molecule has 3 heterocycles. The summed E-state index contributed by atoms with van der Waals surface area (Å²) in [6.45, 7) is 5.78. The third kappa shape index (κ3) is 2.50. The van der Waals surface area contributed by atoms with Crippen LogP contribution in [0.1, 0.15) is 19.3 Å². The van der Waals surface area contributed by atoms with Gasteiger partial charge in [-0.25, -0.2) is 4.79 Å². The summed E-state index contributed by atoms with van der Waals surface area (Å²) in [5.41, 5.74) is 0. The van der Waals surface area contributed by atoms with E-state index in [1.807, 2.05) is 0 Å². The van der Waals surface area contributed by atoms with Crippen molar-refractivity contribution >= 4 is 6.16 Å². The first kappa shape index (κ1) is 10.5. The molecule has 3 aliphatic heterocycles. The molecule has 0 N–H and O–H groups in total. The number of ether oxygens (including phenoxy) is 2. The van der Waals surface area contributed by atoms with E-state index in [0.29, 0.717) is 0 Å². The Balaban J connectivity index is 1.79. The molecule has 0 aromatic rings. The molecule has 0 aliphatic carbocycles. The van der Waals surface area contributed by atoms with Crippen LogP contribution in [0.15, 0.2) is 12.7 Å². The van der Waals surface area contributed by atoms with Crippen molar-refractivity contribution in [3.63, 3.8) is 0 Å². The van der Waals surface area contributed by atoms with Crippen molar-refractivity contribution < 1.29 is 14.3 Å². The maximum absolute atomic E-state index is 11.2. The fourth-order valence-corrected chi connectivity index (χ4v) is 2.31. The summed E-state index contributed by atoms with van der Waals surface area (Å²) >= 11 is 0. The molecule has 0 radical (unpaired) electrons. The summed E-state index contributed by atoms with van der Waals surface area (Å²) in [6.07, 6.45) is 4.34. The molecule has 3 saturated heterocycles. The van der Waals surface area contributed by atoms with Gasteiger partial charge in [-0.05, 0) is 18.8 Å². The van der Waals surface area contributed by atoms with Gasteiger partial charge >= 0.3 is 6.16 Å². The second-order valence-electron chi connectivity index (χ2n) is 4.14. The average Bonchev–Trinajstić information content (AvgIpc) is 2.28. The first-order chi connectivity index (χ1) is 7.29. The standard InChI is InChI=1S/C11H17NO3/c1-2-7-14-11(13)15-10-8-9-3-5-12(10)6-4-9/h2,9-10H,1,3-8H2. The van der Waals surface area contributed by atoms with Crippen molar-refractivity contribution in [2.75, 3.05) is 19.7 Å². The summed E-state index contributed by atoms with van der Waals surface area (Å²) in [5.74, 6) is 0.729. The number of hydrogen-bond donors (Lipinski definition) is 0. The van der Waals surface area contributed by atoms with Crippen LogP contribution in [0.2, 0.25) is 0 Å². The topological polar surface area (TPSA) is 38.8 Å². The Labute approximate surface area is 89.8 Å². The first-order valence-electron chi connectivity index (χ1n) is 5.48. The van der Waals surface area contributed by atoms with Crippen LogP contribution < -0.4 is 0 Å². The van der Waals surface area contributed by atoms with Crippen molar-refractivity contribution in [1.82, 2.24) is 4.90 Å². The minimum Gasteiger partial charge on any atom is -0.430 e. The summed E-state index contributed by atoms with van der Waals surface area (Å²) < 4.78 is 10.0. The van der Waals surface area contributed by atoms with E-state index < -0.39 is 6.16 Å². The molecule has 15 heavy (non-hydrogen) atoms. The van der Waals surface area contributed by atoms with Crippen LogP contribution in [0.4, 0.5) is 4.79 Å². The fourth-order valence-electron chi connectivity index (χ4n) is 2.31. The number of carbonyl (C=O) groups is 1. The van der Waals surface area contributed by atoms with Gasteiger partial charge in [0, 0.05) is 19.5 Å². The molecule has 0 aromatic carbocycles. The predicted octanol–water partition coefficient (Wildman–Crippen LogP) is 1.77. The quantitative estimate of drug-likeness (QED) is 0.527. The molecule has 0 aromatic heterocycles. The van der Waals surface area contributed by atoms with Crippen molar-refractivity contribution in [1.29, 1.82) is 0 Å². The molecule has 3 rings (SSSR count). The fraction of sp³-hybridized carbons (Fsp3) is 0.727. The average molecular weight is 211 g/mol. The molecule has 3 fully saturated rings. The third-order valence-corrected chi connectivity index (χ3v) is 3.14. The van der Waals surface area contributed by atoms with E-state index in [9.17, 15) is 4.79 Å². The first-order valence-corrected chi connectivity index (χ1v) is 5.48. The molecular weight excluding hydrogens is 194 g/mol. The van der Waals surface area contributed by atoms with Gasteiger partial charge in [0.2, 0.25) is 0 Å². The lowest BCUT2D eigenvalue weighted by atomic mass is 9.87. The highest BCUT2D eigenvalue weighted by Crippen LogP contribution is 2.32. The SMILES string of the molecule is C=CCOC(=O)OC1CC2CCN1CC2. The van der Waals surface area contributed by atoms with Crippen molar-refractivity contribution in [2.45, 2.75) is 25.5 Å². The summed E-state index contributed by atoms with van der Waals surface area (Å²) in [6, 6.07) is 0. The Morgan fingerprint density at radius 3 is 2.73 bits per heavy atom. The lowest BCUT2D eigenvalue weighted by Gasteiger charge is -2.43. The molecule has 0 amide bonds. The number of nitrogens with zero attached hydrogens (tertiary/aromatic N) is 1. The van der Waals surface area contributed by atoms with Crippen LogP contribution >= 0.6 is 0 Å². The minimum absolute atomic E-state index is 0.0604. The molecule has 3 aliphatic rings. The number of piperidine rings is 3. The van der Waals surface area contributed by atoms with Gasteiger partial charge in [0.05, 0.1) is 0 Å². The molecule has 2 bridgehead atoms. The van der Waals surface area contributed by atoms with Crippen LogP contribution in [0.25, 0.3) is 0 Å². The maximum atomic E-state index is 11.2. The second-order valence-corrected chi connectivity index (χ2v) is 4.14. The van der Waals surface area contributed by atoms with Crippen molar-refractivity contribution in [3.05, 3.63) is 12.7 Å². The summed E-state index contributed by atoms with van der Waals surface area (Å²) in [4.78, 5) is 13.4. The zero-order chi connectivity index (χ0) is 10.7. The number of fused-ring (bicyclic) bond motifs is 3. The lowest BCUT2D eigenvalue weighted by Crippen LogP contribution is -2.50. The third-order valence-electron chi connectivity index (χ3n) is 3.14. The molecule has 1 unspecified atom stereocenters. The maximum Gasteiger partial charge on any atom is 0.510 e. The Bertz CT molecular complexity index is 246. The van der Waals surface area contributed by atoms with Crippen LogP contribution in [-0.4, -0.2) is 37.0 Å². The van der Waals surface area contributed by atoms with E-state index in [2.05, 4.69) is 11.5 Å². The molecule has 1 atom stereocenters. The normalized spacial score (nSPS) is 33.5.